The average molecular weight is 281 g/mol. The summed E-state index contributed by atoms with van der Waals surface area (Å²) in [6.07, 6.45) is 0.595. The van der Waals surface area contributed by atoms with Crippen LogP contribution in [0.5, 0.6) is 0 Å². The molecule has 18 heavy (non-hydrogen) atoms. The normalized spacial score (nSPS) is 13.8. The van der Waals surface area contributed by atoms with Crippen LogP contribution in [0, 0.1) is 11.8 Å². The molecule has 3 N–H and O–H groups in total. The Kier molecular flexibility index (Phi) is 9.94. The summed E-state index contributed by atoms with van der Waals surface area (Å²) in [5.41, 5.74) is 5.74. The van der Waals surface area contributed by atoms with E-state index in [4.69, 9.17) is 5.73 Å². The lowest BCUT2D eigenvalue weighted by molar-refractivity contribution is -0.146. The van der Waals surface area contributed by atoms with Crippen LogP contribution in [0.4, 0.5) is 0 Å². The van der Waals surface area contributed by atoms with Crippen molar-refractivity contribution in [2.75, 3.05) is 7.11 Å². The molecule has 5 nitrogen and oxygen atoms in total. The molecule has 2 atom stereocenters. The third-order valence-corrected chi connectivity index (χ3v) is 2.48. The number of halogens is 1. The Balaban J connectivity index is 0. The molecule has 0 aliphatic carbocycles. The maximum absolute atomic E-state index is 11.8. The van der Waals surface area contributed by atoms with Crippen molar-refractivity contribution in [3.63, 3.8) is 0 Å². The monoisotopic (exact) mass is 280 g/mol. The molecule has 0 aromatic carbocycles. The zero-order valence-corrected chi connectivity index (χ0v) is 12.5. The van der Waals surface area contributed by atoms with Crippen molar-refractivity contribution in [3.8, 4) is 0 Å². The average Bonchev–Trinajstić information content (AvgIpc) is 2.22. The number of amides is 1. The number of hydrogen-bond donors (Lipinski definition) is 2. The number of methoxy groups -OCH3 is 1. The Morgan fingerprint density at radius 3 is 2.06 bits per heavy atom. The lowest BCUT2D eigenvalue weighted by atomic mass is 10.0. The van der Waals surface area contributed by atoms with Gasteiger partial charge in [-0.05, 0) is 18.3 Å². The van der Waals surface area contributed by atoms with E-state index in [0.29, 0.717) is 12.3 Å². The number of carbonyl (C=O) groups excluding carboxylic acids is 2. The maximum Gasteiger partial charge on any atom is 0.328 e. The van der Waals surface area contributed by atoms with Gasteiger partial charge in [-0.15, -0.1) is 12.4 Å². The molecular weight excluding hydrogens is 256 g/mol. The molecular formula is C12H25ClN2O3. The predicted octanol–water partition coefficient (Wildman–Crippen LogP) is 1.10. The standard InChI is InChI=1S/C12H24N2O3.ClH/c1-7(2)6-9(13)11(15)14-10(8(3)4)12(16)17-5;/h7-10H,6,13H2,1-5H3,(H,14,15);1H/t9-,10-;/m0./s1. The molecule has 0 aromatic heterocycles. The second-order valence-electron chi connectivity index (χ2n) is 4.99. The van der Waals surface area contributed by atoms with Crippen LogP contribution < -0.4 is 11.1 Å². The Hall–Kier alpha value is -0.810. The van der Waals surface area contributed by atoms with Crippen molar-refractivity contribution in [2.24, 2.45) is 17.6 Å². The third kappa shape index (κ3) is 6.81. The van der Waals surface area contributed by atoms with Crippen molar-refractivity contribution < 1.29 is 14.3 Å². The molecule has 0 spiro atoms. The van der Waals surface area contributed by atoms with E-state index in [1.165, 1.54) is 7.11 Å². The van der Waals surface area contributed by atoms with Gasteiger partial charge in [0.25, 0.3) is 0 Å². The zero-order valence-electron chi connectivity index (χ0n) is 11.7. The van der Waals surface area contributed by atoms with E-state index in [9.17, 15) is 9.59 Å². The first-order valence-corrected chi connectivity index (χ1v) is 5.93. The predicted molar refractivity (Wildman–Crippen MR) is 73.5 cm³/mol. The highest BCUT2D eigenvalue weighted by atomic mass is 35.5. The van der Waals surface area contributed by atoms with Crippen LogP contribution in [0.2, 0.25) is 0 Å². The van der Waals surface area contributed by atoms with Gasteiger partial charge in [0.15, 0.2) is 0 Å². The summed E-state index contributed by atoms with van der Waals surface area (Å²) in [7, 11) is 1.30. The summed E-state index contributed by atoms with van der Waals surface area (Å²) >= 11 is 0. The van der Waals surface area contributed by atoms with Crippen LogP contribution in [0.1, 0.15) is 34.1 Å². The van der Waals surface area contributed by atoms with Gasteiger partial charge in [-0.2, -0.15) is 0 Å². The first-order chi connectivity index (χ1) is 7.79. The van der Waals surface area contributed by atoms with E-state index in [1.807, 2.05) is 27.7 Å². The van der Waals surface area contributed by atoms with E-state index in [1.54, 1.807) is 0 Å². The largest absolute Gasteiger partial charge is 0.467 e. The lowest BCUT2D eigenvalue weighted by Crippen LogP contribution is -2.51. The molecule has 0 saturated heterocycles. The number of carbonyl (C=O) groups is 2. The van der Waals surface area contributed by atoms with Crippen LogP contribution in [-0.2, 0) is 14.3 Å². The van der Waals surface area contributed by atoms with Crippen molar-refractivity contribution in [2.45, 2.75) is 46.2 Å². The highest BCUT2D eigenvalue weighted by molar-refractivity contribution is 5.87. The van der Waals surface area contributed by atoms with E-state index in [2.05, 4.69) is 10.1 Å². The van der Waals surface area contributed by atoms with Crippen LogP contribution in [0.3, 0.4) is 0 Å². The molecule has 0 aliphatic heterocycles. The summed E-state index contributed by atoms with van der Waals surface area (Å²) in [5, 5.41) is 2.63. The Morgan fingerprint density at radius 2 is 1.72 bits per heavy atom. The first-order valence-electron chi connectivity index (χ1n) is 5.93. The van der Waals surface area contributed by atoms with Gasteiger partial charge in [-0.3, -0.25) is 4.79 Å². The molecule has 0 radical (unpaired) electrons. The van der Waals surface area contributed by atoms with Gasteiger partial charge in [-0.1, -0.05) is 27.7 Å². The van der Waals surface area contributed by atoms with Gasteiger partial charge >= 0.3 is 5.97 Å². The van der Waals surface area contributed by atoms with Crippen LogP contribution in [0.15, 0.2) is 0 Å². The van der Waals surface area contributed by atoms with Crippen molar-refractivity contribution in [1.82, 2.24) is 5.32 Å². The fourth-order valence-electron chi connectivity index (χ4n) is 1.50. The Bertz CT molecular complexity index is 270. The Morgan fingerprint density at radius 1 is 1.22 bits per heavy atom. The molecule has 0 aromatic rings. The minimum atomic E-state index is -0.634. The van der Waals surface area contributed by atoms with Gasteiger partial charge in [0.1, 0.15) is 6.04 Å². The second-order valence-corrected chi connectivity index (χ2v) is 4.99. The van der Waals surface area contributed by atoms with Crippen LogP contribution in [0.25, 0.3) is 0 Å². The van der Waals surface area contributed by atoms with Gasteiger partial charge in [0, 0.05) is 0 Å². The minimum absolute atomic E-state index is 0. The van der Waals surface area contributed by atoms with Crippen LogP contribution in [-0.4, -0.2) is 31.1 Å². The SMILES string of the molecule is COC(=O)[C@@H](NC(=O)[C@@H](N)CC(C)C)C(C)C.Cl. The molecule has 0 heterocycles. The summed E-state index contributed by atoms with van der Waals surface area (Å²) in [5.74, 6) is -0.433. The van der Waals surface area contributed by atoms with Gasteiger partial charge in [-0.25, -0.2) is 4.79 Å². The molecule has 108 valence electrons. The fourth-order valence-corrected chi connectivity index (χ4v) is 1.50. The molecule has 0 bridgehead atoms. The molecule has 0 rings (SSSR count). The van der Waals surface area contributed by atoms with E-state index in [-0.39, 0.29) is 24.2 Å². The number of nitrogens with two attached hydrogens (primary N) is 1. The fraction of sp³-hybridized carbons (Fsp3) is 0.833. The Labute approximate surface area is 115 Å². The van der Waals surface area contributed by atoms with Crippen LogP contribution >= 0.6 is 12.4 Å². The number of rotatable bonds is 6. The molecule has 6 heteroatoms. The van der Waals surface area contributed by atoms with Crippen molar-refractivity contribution in [3.05, 3.63) is 0 Å². The summed E-state index contributed by atoms with van der Waals surface area (Å²) in [4.78, 5) is 23.2. The van der Waals surface area contributed by atoms with Gasteiger partial charge < -0.3 is 15.8 Å². The number of nitrogens with one attached hydrogen (secondary N) is 1. The highest BCUT2D eigenvalue weighted by Gasteiger charge is 2.27. The minimum Gasteiger partial charge on any atom is -0.467 e. The number of esters is 1. The zero-order chi connectivity index (χ0) is 13.6. The van der Waals surface area contributed by atoms with Gasteiger partial charge in [0.05, 0.1) is 13.2 Å². The lowest BCUT2D eigenvalue weighted by Gasteiger charge is -2.22. The van der Waals surface area contributed by atoms with Crippen molar-refractivity contribution in [1.29, 1.82) is 0 Å². The summed E-state index contributed by atoms with van der Waals surface area (Å²) in [6.45, 7) is 7.67. The summed E-state index contributed by atoms with van der Waals surface area (Å²) < 4.78 is 4.64. The second kappa shape index (κ2) is 9.16. The topological polar surface area (TPSA) is 81.4 Å². The molecule has 1 amide bonds. The summed E-state index contributed by atoms with van der Waals surface area (Å²) in [6, 6.07) is -1.22. The van der Waals surface area contributed by atoms with E-state index >= 15 is 0 Å². The van der Waals surface area contributed by atoms with Gasteiger partial charge in [0.2, 0.25) is 5.91 Å². The smallest absolute Gasteiger partial charge is 0.328 e. The quantitative estimate of drug-likeness (QED) is 0.714. The number of hydrogen-bond acceptors (Lipinski definition) is 4. The van der Waals surface area contributed by atoms with E-state index < -0.39 is 18.1 Å². The molecule has 0 aliphatic rings. The first kappa shape index (κ1) is 19.5. The third-order valence-electron chi connectivity index (χ3n) is 2.48. The molecule has 0 saturated carbocycles. The molecule has 0 unspecified atom stereocenters. The number of ether oxygens (including phenoxy) is 1. The van der Waals surface area contributed by atoms with E-state index in [0.717, 1.165) is 0 Å². The molecule has 0 fully saturated rings. The maximum atomic E-state index is 11.8. The highest BCUT2D eigenvalue weighted by Crippen LogP contribution is 2.06. The van der Waals surface area contributed by atoms with Crippen molar-refractivity contribution >= 4 is 24.3 Å².